The summed E-state index contributed by atoms with van der Waals surface area (Å²) in [6, 6.07) is 0.325. The molecule has 4 atom stereocenters. The Morgan fingerprint density at radius 2 is 2.00 bits per heavy atom. The lowest BCUT2D eigenvalue weighted by molar-refractivity contribution is -0.125. The standard InChI is InChI=1S/C15H29N3O.ClH/c1-10(2)7-17-15(19)11(3)18-8-12-5-4-6-14(16)13(12)9-18;/h10-14H,4-9,16H2,1-3H3,(H,17,19);1H. The van der Waals surface area contributed by atoms with Gasteiger partial charge in [0.05, 0.1) is 6.04 Å². The van der Waals surface area contributed by atoms with E-state index in [1.165, 1.54) is 12.8 Å². The van der Waals surface area contributed by atoms with Crippen LogP contribution in [-0.2, 0) is 4.79 Å². The SMILES string of the molecule is CC(C)CNC(=O)C(C)N1CC2CCCC(N)C2C1.Cl. The third-order valence-corrected chi connectivity index (χ3v) is 4.79. The van der Waals surface area contributed by atoms with E-state index in [-0.39, 0.29) is 24.4 Å². The summed E-state index contributed by atoms with van der Waals surface area (Å²) in [5, 5.41) is 3.04. The van der Waals surface area contributed by atoms with Gasteiger partial charge in [-0.1, -0.05) is 20.3 Å². The number of amides is 1. The Bertz CT molecular complexity index is 324. The van der Waals surface area contributed by atoms with Gasteiger partial charge in [0.15, 0.2) is 0 Å². The van der Waals surface area contributed by atoms with Gasteiger partial charge < -0.3 is 11.1 Å². The number of halogens is 1. The third kappa shape index (κ3) is 4.09. The summed E-state index contributed by atoms with van der Waals surface area (Å²) in [6.45, 7) is 9.08. The van der Waals surface area contributed by atoms with E-state index in [0.717, 1.165) is 26.1 Å². The van der Waals surface area contributed by atoms with Crippen LogP contribution in [0.4, 0.5) is 0 Å². The molecule has 2 aliphatic rings. The largest absolute Gasteiger partial charge is 0.354 e. The molecular formula is C15H30ClN3O. The highest BCUT2D eigenvalue weighted by Crippen LogP contribution is 2.36. The maximum Gasteiger partial charge on any atom is 0.237 e. The van der Waals surface area contributed by atoms with Gasteiger partial charge in [-0.2, -0.15) is 0 Å². The van der Waals surface area contributed by atoms with E-state index in [1.807, 2.05) is 6.92 Å². The van der Waals surface area contributed by atoms with E-state index in [1.54, 1.807) is 0 Å². The Morgan fingerprint density at radius 1 is 1.30 bits per heavy atom. The fourth-order valence-electron chi connectivity index (χ4n) is 3.49. The van der Waals surface area contributed by atoms with Crippen molar-refractivity contribution in [3.63, 3.8) is 0 Å². The van der Waals surface area contributed by atoms with Crippen molar-refractivity contribution in [1.82, 2.24) is 10.2 Å². The van der Waals surface area contributed by atoms with Gasteiger partial charge in [-0.05, 0) is 37.5 Å². The van der Waals surface area contributed by atoms with Crippen LogP contribution in [0, 0.1) is 17.8 Å². The highest BCUT2D eigenvalue weighted by Gasteiger charge is 2.41. The van der Waals surface area contributed by atoms with Crippen LogP contribution in [0.2, 0.25) is 0 Å². The average Bonchev–Trinajstić information content (AvgIpc) is 2.80. The first-order valence-corrected chi connectivity index (χ1v) is 7.76. The Kier molecular flexibility index (Phi) is 6.76. The zero-order valence-corrected chi connectivity index (χ0v) is 13.8. The Hall–Kier alpha value is -0.320. The molecule has 1 saturated heterocycles. The van der Waals surface area contributed by atoms with E-state index >= 15 is 0 Å². The molecule has 1 aliphatic heterocycles. The molecule has 3 N–H and O–H groups in total. The Balaban J connectivity index is 0.00000200. The fourth-order valence-corrected chi connectivity index (χ4v) is 3.49. The first-order valence-electron chi connectivity index (χ1n) is 7.76. The monoisotopic (exact) mass is 303 g/mol. The number of fused-ring (bicyclic) bond motifs is 1. The number of nitrogens with one attached hydrogen (secondary N) is 1. The number of carbonyl (C=O) groups is 1. The lowest BCUT2D eigenvalue weighted by Gasteiger charge is -2.30. The van der Waals surface area contributed by atoms with Gasteiger partial charge in [0.25, 0.3) is 0 Å². The normalized spacial score (nSPS) is 31.6. The zero-order valence-electron chi connectivity index (χ0n) is 13.0. The van der Waals surface area contributed by atoms with Crippen LogP contribution in [0.3, 0.4) is 0 Å². The van der Waals surface area contributed by atoms with Crippen LogP contribution in [0.15, 0.2) is 0 Å². The van der Waals surface area contributed by atoms with Crippen molar-refractivity contribution in [2.75, 3.05) is 19.6 Å². The number of likely N-dealkylation sites (tertiary alicyclic amines) is 1. The molecule has 1 saturated carbocycles. The molecular weight excluding hydrogens is 274 g/mol. The number of carbonyl (C=O) groups excluding carboxylic acids is 1. The number of hydrogen-bond acceptors (Lipinski definition) is 3. The number of nitrogens with zero attached hydrogens (tertiary/aromatic N) is 1. The van der Waals surface area contributed by atoms with Gasteiger partial charge in [0.1, 0.15) is 0 Å². The predicted octanol–water partition coefficient (Wildman–Crippen LogP) is 1.63. The maximum absolute atomic E-state index is 12.1. The minimum absolute atomic E-state index is 0. The molecule has 1 aliphatic carbocycles. The van der Waals surface area contributed by atoms with Crippen molar-refractivity contribution in [1.29, 1.82) is 0 Å². The average molecular weight is 304 g/mol. The topological polar surface area (TPSA) is 58.4 Å². The molecule has 0 spiro atoms. The maximum atomic E-state index is 12.1. The van der Waals surface area contributed by atoms with Crippen LogP contribution in [-0.4, -0.2) is 42.5 Å². The highest BCUT2D eigenvalue weighted by molar-refractivity contribution is 5.85. The first kappa shape index (κ1) is 17.7. The highest BCUT2D eigenvalue weighted by atomic mass is 35.5. The third-order valence-electron chi connectivity index (χ3n) is 4.79. The van der Waals surface area contributed by atoms with Crippen LogP contribution in [0.25, 0.3) is 0 Å². The second-order valence-electron chi connectivity index (χ2n) is 6.79. The summed E-state index contributed by atoms with van der Waals surface area (Å²) in [4.78, 5) is 14.5. The summed E-state index contributed by atoms with van der Waals surface area (Å²) in [5.74, 6) is 1.99. The Morgan fingerprint density at radius 3 is 2.60 bits per heavy atom. The van der Waals surface area contributed by atoms with Crippen LogP contribution >= 0.6 is 12.4 Å². The predicted molar refractivity (Wildman–Crippen MR) is 84.9 cm³/mol. The molecule has 1 heterocycles. The van der Waals surface area contributed by atoms with Crippen LogP contribution in [0.1, 0.15) is 40.0 Å². The second-order valence-corrected chi connectivity index (χ2v) is 6.79. The van der Waals surface area contributed by atoms with Gasteiger partial charge in [0, 0.05) is 25.7 Å². The molecule has 4 nitrogen and oxygen atoms in total. The summed E-state index contributed by atoms with van der Waals surface area (Å²) in [6.07, 6.45) is 3.70. The van der Waals surface area contributed by atoms with Crippen LogP contribution < -0.4 is 11.1 Å². The number of hydrogen-bond donors (Lipinski definition) is 2. The van der Waals surface area contributed by atoms with E-state index in [2.05, 4.69) is 24.1 Å². The molecule has 0 bridgehead atoms. The van der Waals surface area contributed by atoms with Gasteiger partial charge >= 0.3 is 0 Å². The molecule has 2 fully saturated rings. The number of rotatable bonds is 4. The van der Waals surface area contributed by atoms with E-state index in [4.69, 9.17) is 5.73 Å². The summed E-state index contributed by atoms with van der Waals surface area (Å²) >= 11 is 0. The summed E-state index contributed by atoms with van der Waals surface area (Å²) in [7, 11) is 0. The second kappa shape index (κ2) is 7.62. The van der Waals surface area contributed by atoms with Gasteiger partial charge in [-0.25, -0.2) is 0 Å². The lowest BCUT2D eigenvalue weighted by Crippen LogP contribution is -2.45. The molecule has 1 amide bonds. The molecule has 0 aromatic rings. The zero-order chi connectivity index (χ0) is 14.0. The smallest absolute Gasteiger partial charge is 0.237 e. The van der Waals surface area contributed by atoms with Crippen molar-refractivity contribution in [2.45, 2.75) is 52.1 Å². The van der Waals surface area contributed by atoms with E-state index in [9.17, 15) is 4.79 Å². The first-order chi connectivity index (χ1) is 8.99. The van der Waals surface area contributed by atoms with E-state index in [0.29, 0.717) is 23.8 Å². The van der Waals surface area contributed by atoms with E-state index < -0.39 is 0 Å². The molecule has 118 valence electrons. The number of nitrogens with two attached hydrogens (primary N) is 1. The summed E-state index contributed by atoms with van der Waals surface area (Å²) in [5.41, 5.74) is 6.23. The van der Waals surface area contributed by atoms with Gasteiger partial charge in [-0.15, -0.1) is 12.4 Å². The minimum atomic E-state index is -0.0171. The van der Waals surface area contributed by atoms with Crippen molar-refractivity contribution in [3.05, 3.63) is 0 Å². The molecule has 20 heavy (non-hydrogen) atoms. The fraction of sp³-hybridized carbons (Fsp3) is 0.933. The molecule has 2 rings (SSSR count). The van der Waals surface area contributed by atoms with Crippen molar-refractivity contribution in [2.24, 2.45) is 23.5 Å². The Labute approximate surface area is 129 Å². The minimum Gasteiger partial charge on any atom is -0.354 e. The van der Waals surface area contributed by atoms with Crippen molar-refractivity contribution in [3.8, 4) is 0 Å². The summed E-state index contributed by atoms with van der Waals surface area (Å²) < 4.78 is 0. The van der Waals surface area contributed by atoms with Crippen LogP contribution in [0.5, 0.6) is 0 Å². The lowest BCUT2D eigenvalue weighted by atomic mass is 9.78. The molecule has 5 heteroatoms. The molecule has 0 aromatic heterocycles. The quantitative estimate of drug-likeness (QED) is 0.830. The molecule has 0 radical (unpaired) electrons. The molecule has 0 aromatic carbocycles. The van der Waals surface area contributed by atoms with Crippen molar-refractivity contribution < 1.29 is 4.79 Å². The van der Waals surface area contributed by atoms with Crippen molar-refractivity contribution >= 4 is 18.3 Å². The van der Waals surface area contributed by atoms with Gasteiger partial charge in [0.2, 0.25) is 5.91 Å². The molecule has 4 unspecified atom stereocenters. The van der Waals surface area contributed by atoms with Gasteiger partial charge in [-0.3, -0.25) is 9.69 Å².